The van der Waals surface area contributed by atoms with E-state index in [0.717, 1.165) is 22.3 Å². The Labute approximate surface area is 190 Å². The Kier molecular flexibility index (Phi) is 6.28. The molecule has 6 nitrogen and oxygen atoms in total. The number of nitro groups is 1. The molecule has 0 saturated carbocycles. The van der Waals surface area contributed by atoms with Gasteiger partial charge in [-0.1, -0.05) is 42.0 Å². The van der Waals surface area contributed by atoms with Crippen molar-refractivity contribution in [1.82, 2.24) is 4.57 Å². The van der Waals surface area contributed by atoms with Gasteiger partial charge in [-0.3, -0.25) is 14.9 Å². The van der Waals surface area contributed by atoms with E-state index >= 15 is 0 Å². The number of nitrogens with zero attached hydrogens (tertiary/aromatic N) is 2. The summed E-state index contributed by atoms with van der Waals surface area (Å²) in [6.45, 7) is 4.99. The number of carbonyl (C=O) groups excluding carboxylic acids is 1. The average molecular weight is 446 g/mol. The van der Waals surface area contributed by atoms with Gasteiger partial charge in [-0.15, -0.1) is 11.8 Å². The van der Waals surface area contributed by atoms with E-state index in [-0.39, 0.29) is 17.3 Å². The summed E-state index contributed by atoms with van der Waals surface area (Å²) in [6, 6.07) is 20.5. The summed E-state index contributed by atoms with van der Waals surface area (Å²) in [5.74, 6) is 0.0873. The summed E-state index contributed by atoms with van der Waals surface area (Å²) in [7, 11) is 0. The third-order valence-corrected chi connectivity index (χ3v) is 6.36. The van der Waals surface area contributed by atoms with Crippen LogP contribution in [0.15, 0.2) is 77.8 Å². The molecule has 1 heterocycles. The number of carbonyl (C=O) groups is 1. The molecule has 1 N–H and O–H groups in total. The van der Waals surface area contributed by atoms with Crippen LogP contribution in [0, 0.1) is 24.0 Å². The molecule has 3 aromatic carbocycles. The highest BCUT2D eigenvalue weighted by Crippen LogP contribution is 2.31. The van der Waals surface area contributed by atoms with Crippen molar-refractivity contribution in [3.05, 3.63) is 99.7 Å². The molecule has 0 spiro atoms. The van der Waals surface area contributed by atoms with Crippen molar-refractivity contribution in [3.8, 4) is 0 Å². The van der Waals surface area contributed by atoms with Gasteiger partial charge in [0.1, 0.15) is 0 Å². The summed E-state index contributed by atoms with van der Waals surface area (Å²) < 4.78 is 2.23. The van der Waals surface area contributed by atoms with E-state index in [4.69, 9.17) is 0 Å². The number of para-hydroxylation sites is 1. The van der Waals surface area contributed by atoms with Crippen molar-refractivity contribution in [3.63, 3.8) is 0 Å². The van der Waals surface area contributed by atoms with Crippen molar-refractivity contribution in [1.29, 1.82) is 0 Å². The van der Waals surface area contributed by atoms with Gasteiger partial charge in [-0.2, -0.15) is 0 Å². The molecule has 0 unspecified atom stereocenters. The molecule has 7 heteroatoms. The zero-order chi connectivity index (χ0) is 22.7. The van der Waals surface area contributed by atoms with Crippen molar-refractivity contribution >= 4 is 39.9 Å². The number of thioether (sulfide) groups is 1. The topological polar surface area (TPSA) is 77.2 Å². The van der Waals surface area contributed by atoms with E-state index in [1.165, 1.54) is 52.7 Å². The summed E-state index contributed by atoms with van der Waals surface area (Å²) in [5.41, 5.74) is 5.43. The van der Waals surface area contributed by atoms with Gasteiger partial charge in [0.15, 0.2) is 0 Å². The number of rotatable bonds is 7. The third kappa shape index (κ3) is 4.84. The van der Waals surface area contributed by atoms with Gasteiger partial charge in [0.2, 0.25) is 5.91 Å². The van der Waals surface area contributed by atoms with Crippen LogP contribution in [0.2, 0.25) is 0 Å². The monoisotopic (exact) mass is 445 g/mol. The fourth-order valence-corrected chi connectivity index (χ4v) is 4.51. The third-order valence-electron chi connectivity index (χ3n) is 5.32. The Bertz CT molecular complexity index is 1300. The minimum Gasteiger partial charge on any atom is -0.342 e. The van der Waals surface area contributed by atoms with Crippen LogP contribution in [-0.2, 0) is 11.3 Å². The fourth-order valence-electron chi connectivity index (χ4n) is 3.62. The lowest BCUT2D eigenvalue weighted by molar-refractivity contribution is -0.384. The normalized spacial score (nSPS) is 10.9. The van der Waals surface area contributed by atoms with E-state index in [9.17, 15) is 14.9 Å². The van der Waals surface area contributed by atoms with E-state index < -0.39 is 4.92 Å². The van der Waals surface area contributed by atoms with E-state index in [0.29, 0.717) is 5.69 Å². The van der Waals surface area contributed by atoms with Gasteiger partial charge in [0, 0.05) is 46.4 Å². The minimum absolute atomic E-state index is 0.00553. The molecule has 32 heavy (non-hydrogen) atoms. The maximum Gasteiger partial charge on any atom is 0.269 e. The van der Waals surface area contributed by atoms with Crippen molar-refractivity contribution < 1.29 is 9.72 Å². The first kappa shape index (κ1) is 21.6. The van der Waals surface area contributed by atoms with E-state index in [2.05, 4.69) is 60.3 Å². The van der Waals surface area contributed by atoms with Crippen molar-refractivity contribution in [2.45, 2.75) is 25.3 Å². The highest BCUT2D eigenvalue weighted by atomic mass is 32.2. The molecule has 0 aliphatic heterocycles. The first-order chi connectivity index (χ1) is 15.4. The maximum absolute atomic E-state index is 12.4. The minimum atomic E-state index is -0.463. The standard InChI is InChI=1S/C25H23N3O3S/c1-17-7-8-18(2)19(13-17)14-27-15-24(22-5-3-4-6-23(22)27)32-16-25(29)26-20-9-11-21(12-10-20)28(30)31/h3-13,15H,14,16H2,1-2H3,(H,26,29). The number of anilines is 1. The van der Waals surface area contributed by atoms with Crippen molar-refractivity contribution in [2.24, 2.45) is 0 Å². The molecule has 0 aliphatic rings. The van der Waals surface area contributed by atoms with Gasteiger partial charge in [0.25, 0.3) is 5.69 Å². The predicted octanol–water partition coefficient (Wildman–Crippen LogP) is 5.95. The average Bonchev–Trinajstić information content (AvgIpc) is 3.13. The summed E-state index contributed by atoms with van der Waals surface area (Å²) in [6.07, 6.45) is 2.11. The highest BCUT2D eigenvalue weighted by Gasteiger charge is 2.13. The van der Waals surface area contributed by atoms with Gasteiger partial charge in [-0.25, -0.2) is 0 Å². The van der Waals surface area contributed by atoms with Gasteiger partial charge in [0.05, 0.1) is 10.7 Å². The second-order valence-corrected chi connectivity index (χ2v) is 8.73. The van der Waals surface area contributed by atoms with E-state index in [1.807, 2.05) is 12.1 Å². The predicted molar refractivity (Wildman–Crippen MR) is 129 cm³/mol. The quantitative estimate of drug-likeness (QED) is 0.217. The molecule has 0 radical (unpaired) electrons. The molecule has 162 valence electrons. The lowest BCUT2D eigenvalue weighted by Gasteiger charge is -2.09. The summed E-state index contributed by atoms with van der Waals surface area (Å²) >= 11 is 1.48. The highest BCUT2D eigenvalue weighted by molar-refractivity contribution is 8.00. The fraction of sp³-hybridized carbons (Fsp3) is 0.160. The first-order valence-corrected chi connectivity index (χ1v) is 11.2. The van der Waals surface area contributed by atoms with Crippen LogP contribution in [0.25, 0.3) is 10.9 Å². The number of non-ortho nitro benzene ring substituents is 1. The lowest BCUT2D eigenvalue weighted by atomic mass is 10.1. The molecule has 4 rings (SSSR count). The maximum atomic E-state index is 12.4. The second kappa shape index (κ2) is 9.28. The molecule has 0 bridgehead atoms. The molecule has 4 aromatic rings. The molecule has 1 aromatic heterocycles. The van der Waals surface area contributed by atoms with Crippen LogP contribution in [-0.4, -0.2) is 21.2 Å². The van der Waals surface area contributed by atoms with Crippen LogP contribution in [0.1, 0.15) is 16.7 Å². The Morgan fingerprint density at radius 1 is 1.06 bits per heavy atom. The number of benzene rings is 3. The van der Waals surface area contributed by atoms with Crippen LogP contribution < -0.4 is 5.32 Å². The molecular formula is C25H23N3O3S. The summed E-state index contributed by atoms with van der Waals surface area (Å²) in [4.78, 5) is 23.8. The number of fused-ring (bicyclic) bond motifs is 1. The van der Waals surface area contributed by atoms with Gasteiger partial charge >= 0.3 is 0 Å². The number of aryl methyl sites for hydroxylation is 2. The Morgan fingerprint density at radius 3 is 2.56 bits per heavy atom. The molecule has 0 atom stereocenters. The first-order valence-electron chi connectivity index (χ1n) is 10.2. The van der Waals surface area contributed by atoms with Crippen molar-refractivity contribution in [2.75, 3.05) is 11.1 Å². The number of nitrogens with one attached hydrogen (secondary N) is 1. The van der Waals surface area contributed by atoms with Crippen LogP contribution in [0.3, 0.4) is 0 Å². The molecular weight excluding hydrogens is 422 g/mol. The van der Waals surface area contributed by atoms with E-state index in [1.54, 1.807) is 0 Å². The summed E-state index contributed by atoms with van der Waals surface area (Å²) in [5, 5.41) is 14.7. The number of hydrogen-bond donors (Lipinski definition) is 1. The zero-order valence-electron chi connectivity index (χ0n) is 17.9. The Hall–Kier alpha value is -3.58. The van der Waals surface area contributed by atoms with Crippen LogP contribution >= 0.6 is 11.8 Å². The number of amides is 1. The molecule has 1 amide bonds. The van der Waals surface area contributed by atoms with Gasteiger partial charge < -0.3 is 9.88 Å². The van der Waals surface area contributed by atoms with Gasteiger partial charge in [-0.05, 0) is 43.2 Å². The Morgan fingerprint density at radius 2 is 1.81 bits per heavy atom. The number of hydrogen-bond acceptors (Lipinski definition) is 4. The molecule has 0 fully saturated rings. The molecule has 0 saturated heterocycles. The SMILES string of the molecule is Cc1ccc(C)c(Cn2cc(SCC(=O)Nc3ccc([N+](=O)[O-])cc3)c3ccccc32)c1. The smallest absolute Gasteiger partial charge is 0.269 e. The lowest BCUT2D eigenvalue weighted by Crippen LogP contribution is -2.13. The molecule has 0 aliphatic carbocycles. The second-order valence-electron chi connectivity index (χ2n) is 7.71. The number of nitro benzene ring substituents is 1. The zero-order valence-corrected chi connectivity index (χ0v) is 18.7. The van der Waals surface area contributed by atoms with Crippen LogP contribution in [0.4, 0.5) is 11.4 Å². The largest absolute Gasteiger partial charge is 0.342 e. The van der Waals surface area contributed by atoms with Crippen LogP contribution in [0.5, 0.6) is 0 Å². The Balaban J connectivity index is 1.49. The number of aromatic nitrogens is 1.